The number of aromatic nitrogens is 4. The molecule has 0 spiro atoms. The molecule has 1 saturated heterocycles. The fourth-order valence-electron chi connectivity index (χ4n) is 4.11. The summed E-state index contributed by atoms with van der Waals surface area (Å²) in [6, 6.07) is 12.9. The third-order valence-corrected chi connectivity index (χ3v) is 5.80. The van der Waals surface area contributed by atoms with Crippen molar-refractivity contribution in [2.24, 2.45) is 5.92 Å². The Kier molecular flexibility index (Phi) is 4.71. The zero-order valence-corrected chi connectivity index (χ0v) is 16.4. The normalized spacial score (nSPS) is 15.0. The van der Waals surface area contributed by atoms with Crippen LogP contribution in [-0.4, -0.2) is 43.4 Å². The van der Waals surface area contributed by atoms with Crippen LogP contribution in [-0.2, 0) is 6.54 Å². The molecule has 7 heteroatoms. The van der Waals surface area contributed by atoms with E-state index in [4.69, 9.17) is 0 Å². The highest BCUT2D eigenvalue weighted by molar-refractivity contribution is 5.97. The second-order valence-electron chi connectivity index (χ2n) is 7.71. The Bertz CT molecular complexity index is 1290. The first kappa shape index (κ1) is 18.4. The number of hydrogen-bond donors (Lipinski definition) is 0. The number of para-hydroxylation sites is 1. The molecule has 0 bridgehead atoms. The summed E-state index contributed by atoms with van der Waals surface area (Å²) in [5, 5.41) is 0.645. The van der Waals surface area contributed by atoms with E-state index in [9.17, 15) is 9.59 Å². The average Bonchev–Trinajstić information content (AvgIpc) is 2.81. The molecule has 1 amide bonds. The molecule has 1 aliphatic heterocycles. The van der Waals surface area contributed by atoms with Crippen LogP contribution in [0.4, 0.5) is 0 Å². The number of amides is 1. The van der Waals surface area contributed by atoms with Gasteiger partial charge in [-0.05, 0) is 49.1 Å². The standard InChI is InChI=1S/C23H21N5O2/c29-22(17-5-6-20-21(13-17)25-10-9-24-20)27-11-7-16(8-12-27)14-28-15-26-19-4-2-1-3-18(19)23(28)30/h1-6,9-10,13,15-16H,7-8,11-12,14H2. The third-order valence-electron chi connectivity index (χ3n) is 5.80. The molecule has 1 fully saturated rings. The number of fused-ring (bicyclic) bond motifs is 2. The molecule has 2 aromatic carbocycles. The van der Waals surface area contributed by atoms with Crippen LogP contribution < -0.4 is 5.56 Å². The first-order valence-electron chi connectivity index (χ1n) is 10.1. The van der Waals surface area contributed by atoms with E-state index in [1.807, 2.05) is 41.3 Å². The summed E-state index contributed by atoms with van der Waals surface area (Å²) in [5.41, 5.74) is 2.86. The number of carbonyl (C=O) groups is 1. The highest BCUT2D eigenvalue weighted by Crippen LogP contribution is 2.21. The number of piperidine rings is 1. The quantitative estimate of drug-likeness (QED) is 0.529. The minimum Gasteiger partial charge on any atom is -0.339 e. The molecule has 2 aromatic heterocycles. The van der Waals surface area contributed by atoms with Crippen molar-refractivity contribution < 1.29 is 4.79 Å². The molecule has 0 aliphatic carbocycles. The van der Waals surface area contributed by atoms with Crippen molar-refractivity contribution in [3.8, 4) is 0 Å². The maximum absolute atomic E-state index is 12.9. The van der Waals surface area contributed by atoms with Gasteiger partial charge in [-0.1, -0.05) is 12.1 Å². The molecule has 150 valence electrons. The van der Waals surface area contributed by atoms with Crippen molar-refractivity contribution in [1.82, 2.24) is 24.4 Å². The molecule has 3 heterocycles. The van der Waals surface area contributed by atoms with Gasteiger partial charge < -0.3 is 4.90 Å². The van der Waals surface area contributed by atoms with Crippen LogP contribution >= 0.6 is 0 Å². The molecule has 5 rings (SSSR count). The Hall–Kier alpha value is -3.61. The molecule has 0 N–H and O–H groups in total. The maximum Gasteiger partial charge on any atom is 0.261 e. The highest BCUT2D eigenvalue weighted by Gasteiger charge is 2.24. The van der Waals surface area contributed by atoms with E-state index in [1.165, 1.54) is 0 Å². The smallest absolute Gasteiger partial charge is 0.261 e. The van der Waals surface area contributed by atoms with Crippen molar-refractivity contribution in [2.75, 3.05) is 13.1 Å². The molecule has 0 saturated carbocycles. The van der Waals surface area contributed by atoms with Crippen LogP contribution in [0.1, 0.15) is 23.2 Å². The van der Waals surface area contributed by atoms with Gasteiger partial charge in [0.15, 0.2) is 0 Å². The second-order valence-corrected chi connectivity index (χ2v) is 7.71. The van der Waals surface area contributed by atoms with Crippen LogP contribution in [0.25, 0.3) is 21.9 Å². The van der Waals surface area contributed by atoms with Crippen LogP contribution in [0.3, 0.4) is 0 Å². The van der Waals surface area contributed by atoms with Crippen LogP contribution in [0.2, 0.25) is 0 Å². The van der Waals surface area contributed by atoms with Crippen LogP contribution in [0.5, 0.6) is 0 Å². The SMILES string of the molecule is O=C(c1ccc2nccnc2c1)N1CCC(Cn2cnc3ccccc3c2=O)CC1. The lowest BCUT2D eigenvalue weighted by Gasteiger charge is -2.32. The number of hydrogen-bond acceptors (Lipinski definition) is 5. The maximum atomic E-state index is 12.9. The van der Waals surface area contributed by atoms with E-state index in [0.717, 1.165) is 29.4 Å². The van der Waals surface area contributed by atoms with E-state index in [0.29, 0.717) is 36.5 Å². The lowest BCUT2D eigenvalue weighted by atomic mass is 9.96. The number of rotatable bonds is 3. The second kappa shape index (κ2) is 7.67. The summed E-state index contributed by atoms with van der Waals surface area (Å²) in [6.45, 7) is 1.99. The minimum atomic E-state index is -0.00335. The summed E-state index contributed by atoms with van der Waals surface area (Å²) in [7, 11) is 0. The molecule has 4 aromatic rings. The minimum absolute atomic E-state index is 0.00335. The number of likely N-dealkylation sites (tertiary alicyclic amines) is 1. The van der Waals surface area contributed by atoms with Gasteiger partial charge in [-0.15, -0.1) is 0 Å². The van der Waals surface area contributed by atoms with Crippen molar-refractivity contribution in [3.05, 3.63) is 77.1 Å². The third kappa shape index (κ3) is 3.43. The molecule has 0 unspecified atom stereocenters. The molecular formula is C23H21N5O2. The van der Waals surface area contributed by atoms with E-state index >= 15 is 0 Å². The molecule has 0 atom stereocenters. The van der Waals surface area contributed by atoms with Crippen LogP contribution in [0, 0.1) is 5.92 Å². The van der Waals surface area contributed by atoms with Gasteiger partial charge in [0, 0.05) is 37.6 Å². The Morgan fingerprint density at radius 3 is 2.53 bits per heavy atom. The Morgan fingerprint density at radius 1 is 0.933 bits per heavy atom. The monoisotopic (exact) mass is 399 g/mol. The molecular weight excluding hydrogens is 378 g/mol. The Labute approximate surface area is 173 Å². The Balaban J connectivity index is 1.26. The zero-order chi connectivity index (χ0) is 20.5. The van der Waals surface area contributed by atoms with E-state index in [1.54, 1.807) is 29.4 Å². The van der Waals surface area contributed by atoms with Crippen molar-refractivity contribution in [3.63, 3.8) is 0 Å². The van der Waals surface area contributed by atoms with E-state index < -0.39 is 0 Å². The molecule has 0 radical (unpaired) electrons. The topological polar surface area (TPSA) is 81.0 Å². The van der Waals surface area contributed by atoms with Gasteiger partial charge in [0.1, 0.15) is 0 Å². The number of nitrogens with zero attached hydrogens (tertiary/aromatic N) is 5. The van der Waals surface area contributed by atoms with Gasteiger partial charge in [-0.25, -0.2) is 4.98 Å². The van der Waals surface area contributed by atoms with Gasteiger partial charge in [-0.3, -0.25) is 24.1 Å². The number of benzene rings is 2. The lowest BCUT2D eigenvalue weighted by Crippen LogP contribution is -2.40. The van der Waals surface area contributed by atoms with Gasteiger partial charge in [0.05, 0.1) is 28.3 Å². The highest BCUT2D eigenvalue weighted by atomic mass is 16.2. The van der Waals surface area contributed by atoms with Crippen molar-refractivity contribution >= 4 is 27.8 Å². The zero-order valence-electron chi connectivity index (χ0n) is 16.4. The van der Waals surface area contributed by atoms with E-state index in [-0.39, 0.29) is 11.5 Å². The fraction of sp³-hybridized carbons (Fsp3) is 0.261. The lowest BCUT2D eigenvalue weighted by molar-refractivity contribution is 0.0682. The number of carbonyl (C=O) groups excluding carboxylic acids is 1. The van der Waals surface area contributed by atoms with Gasteiger partial charge in [0.2, 0.25) is 0 Å². The summed E-state index contributed by atoms with van der Waals surface area (Å²) >= 11 is 0. The first-order chi connectivity index (χ1) is 14.7. The molecule has 30 heavy (non-hydrogen) atoms. The summed E-state index contributed by atoms with van der Waals surface area (Å²) in [4.78, 5) is 40.5. The largest absolute Gasteiger partial charge is 0.339 e. The summed E-state index contributed by atoms with van der Waals surface area (Å²) in [5.74, 6) is 0.364. The van der Waals surface area contributed by atoms with Crippen molar-refractivity contribution in [2.45, 2.75) is 19.4 Å². The predicted octanol–water partition coefficient (Wildman–Crippen LogP) is 2.89. The Morgan fingerprint density at radius 2 is 1.70 bits per heavy atom. The fourth-order valence-corrected chi connectivity index (χ4v) is 4.11. The van der Waals surface area contributed by atoms with E-state index in [2.05, 4.69) is 15.0 Å². The van der Waals surface area contributed by atoms with Crippen LogP contribution in [0.15, 0.2) is 66.0 Å². The predicted molar refractivity (Wildman–Crippen MR) is 114 cm³/mol. The van der Waals surface area contributed by atoms with Gasteiger partial charge in [-0.2, -0.15) is 0 Å². The molecule has 7 nitrogen and oxygen atoms in total. The van der Waals surface area contributed by atoms with Gasteiger partial charge in [0.25, 0.3) is 11.5 Å². The van der Waals surface area contributed by atoms with Gasteiger partial charge >= 0.3 is 0 Å². The summed E-state index contributed by atoms with van der Waals surface area (Å²) in [6.07, 6.45) is 6.63. The summed E-state index contributed by atoms with van der Waals surface area (Å²) < 4.78 is 1.70. The van der Waals surface area contributed by atoms with Crippen molar-refractivity contribution in [1.29, 1.82) is 0 Å². The first-order valence-corrected chi connectivity index (χ1v) is 10.1. The molecule has 1 aliphatic rings. The average molecular weight is 399 g/mol.